The molecular formula is C18H15ClFN5OS. The van der Waals surface area contributed by atoms with Gasteiger partial charge in [0.25, 0.3) is 0 Å². The van der Waals surface area contributed by atoms with Crippen LogP contribution in [0.2, 0.25) is 5.02 Å². The Labute approximate surface area is 165 Å². The number of fused-ring (bicyclic) bond motifs is 1. The molecule has 1 aliphatic rings. The van der Waals surface area contributed by atoms with E-state index in [-0.39, 0.29) is 5.02 Å². The summed E-state index contributed by atoms with van der Waals surface area (Å²) in [6.07, 6.45) is 1.46. The summed E-state index contributed by atoms with van der Waals surface area (Å²) in [5.74, 6) is 0.768. The normalized spacial score (nSPS) is 13.7. The van der Waals surface area contributed by atoms with Crippen LogP contribution in [0.15, 0.2) is 36.7 Å². The van der Waals surface area contributed by atoms with Gasteiger partial charge in [-0.05, 0) is 36.5 Å². The van der Waals surface area contributed by atoms with Gasteiger partial charge in [-0.3, -0.25) is 0 Å². The quantitative estimate of drug-likeness (QED) is 0.641. The maximum Gasteiger partial charge on any atom is 0.173 e. The Morgan fingerprint density at radius 2 is 2.15 bits per heavy atom. The molecule has 1 aliphatic heterocycles. The van der Waals surface area contributed by atoms with Gasteiger partial charge in [0.1, 0.15) is 23.7 Å². The zero-order valence-electron chi connectivity index (χ0n) is 14.3. The summed E-state index contributed by atoms with van der Waals surface area (Å²) in [4.78, 5) is 10.6. The summed E-state index contributed by atoms with van der Waals surface area (Å²) in [6.45, 7) is 1.51. The molecule has 138 valence electrons. The zero-order chi connectivity index (χ0) is 19.0. The van der Waals surface area contributed by atoms with Gasteiger partial charge in [0, 0.05) is 30.2 Å². The fraction of sp³-hybridized carbons (Fsp3) is 0.167. The van der Waals surface area contributed by atoms with E-state index in [1.165, 1.54) is 18.5 Å². The lowest BCUT2D eigenvalue weighted by Crippen LogP contribution is -2.27. The van der Waals surface area contributed by atoms with Crippen LogP contribution in [0.5, 0.6) is 5.75 Å². The minimum atomic E-state index is -0.475. The summed E-state index contributed by atoms with van der Waals surface area (Å²) in [5.41, 5.74) is 2.16. The second kappa shape index (κ2) is 7.13. The van der Waals surface area contributed by atoms with Crippen LogP contribution < -0.4 is 20.3 Å². The number of aromatic nitrogens is 2. The Bertz CT molecular complexity index is 1050. The third-order valence-corrected chi connectivity index (χ3v) is 4.92. The van der Waals surface area contributed by atoms with E-state index in [4.69, 9.17) is 28.6 Å². The number of halogens is 2. The number of methoxy groups -OCH3 is 1. The number of hydrogen-bond acceptors (Lipinski definition) is 5. The SMILES string of the molecule is COc1cc2ncnc(Nc3ccc(F)c(Cl)c3)c2cc1N1CCNC1=S. The van der Waals surface area contributed by atoms with Crippen LogP contribution in [0, 0.1) is 5.82 Å². The molecule has 2 heterocycles. The lowest BCUT2D eigenvalue weighted by molar-refractivity contribution is 0.416. The van der Waals surface area contributed by atoms with Crippen molar-refractivity contribution < 1.29 is 9.13 Å². The number of anilines is 3. The molecule has 0 radical (unpaired) electrons. The Morgan fingerprint density at radius 3 is 2.85 bits per heavy atom. The molecule has 0 saturated carbocycles. The van der Waals surface area contributed by atoms with E-state index in [9.17, 15) is 4.39 Å². The van der Waals surface area contributed by atoms with E-state index in [0.29, 0.717) is 27.9 Å². The smallest absolute Gasteiger partial charge is 0.173 e. The van der Waals surface area contributed by atoms with Gasteiger partial charge in [-0.2, -0.15) is 0 Å². The number of nitrogens with zero attached hydrogens (tertiary/aromatic N) is 3. The van der Waals surface area contributed by atoms with Gasteiger partial charge in [0.15, 0.2) is 5.11 Å². The maximum absolute atomic E-state index is 13.4. The van der Waals surface area contributed by atoms with Gasteiger partial charge >= 0.3 is 0 Å². The number of rotatable bonds is 4. The molecule has 1 fully saturated rings. The molecule has 4 rings (SSSR count). The predicted molar refractivity (Wildman–Crippen MR) is 109 cm³/mol. The molecule has 2 aromatic carbocycles. The van der Waals surface area contributed by atoms with Crippen molar-refractivity contribution in [2.24, 2.45) is 0 Å². The first-order valence-corrected chi connectivity index (χ1v) is 8.95. The van der Waals surface area contributed by atoms with E-state index < -0.39 is 5.82 Å². The van der Waals surface area contributed by atoms with Crippen LogP contribution in [0.1, 0.15) is 0 Å². The van der Waals surface area contributed by atoms with Gasteiger partial charge in [0.05, 0.1) is 23.3 Å². The second-order valence-corrected chi connectivity index (χ2v) is 6.69. The van der Waals surface area contributed by atoms with Crippen molar-refractivity contribution in [1.82, 2.24) is 15.3 Å². The Balaban J connectivity index is 1.81. The fourth-order valence-electron chi connectivity index (χ4n) is 2.96. The number of hydrogen-bond donors (Lipinski definition) is 2. The summed E-state index contributed by atoms with van der Waals surface area (Å²) in [7, 11) is 1.61. The highest BCUT2D eigenvalue weighted by Gasteiger charge is 2.22. The molecule has 0 aliphatic carbocycles. The molecule has 6 nitrogen and oxygen atoms in total. The zero-order valence-corrected chi connectivity index (χ0v) is 15.9. The van der Waals surface area contributed by atoms with Crippen LogP contribution in [0.4, 0.5) is 21.6 Å². The lowest BCUT2D eigenvalue weighted by atomic mass is 10.1. The van der Waals surface area contributed by atoms with Gasteiger partial charge in [-0.15, -0.1) is 0 Å². The number of benzene rings is 2. The largest absolute Gasteiger partial charge is 0.494 e. The topological polar surface area (TPSA) is 62.3 Å². The van der Waals surface area contributed by atoms with Crippen LogP contribution in [-0.4, -0.2) is 35.3 Å². The molecule has 9 heteroatoms. The summed E-state index contributed by atoms with van der Waals surface area (Å²) < 4.78 is 18.9. The molecular weight excluding hydrogens is 389 g/mol. The van der Waals surface area contributed by atoms with E-state index in [1.807, 2.05) is 17.0 Å². The summed E-state index contributed by atoms with van der Waals surface area (Å²) in [6, 6.07) is 8.18. The maximum atomic E-state index is 13.4. The number of thiocarbonyl (C=S) groups is 1. The Morgan fingerprint density at radius 1 is 1.30 bits per heavy atom. The minimum absolute atomic E-state index is 0.0363. The predicted octanol–water partition coefficient (Wildman–Crippen LogP) is 3.87. The molecule has 0 atom stereocenters. The molecule has 3 aromatic rings. The molecule has 0 spiro atoms. The standard InChI is InChI=1S/C18H15ClFN5OS/c1-26-16-8-14-11(7-15(16)25-5-4-21-18(25)27)17(23-9-22-14)24-10-2-3-13(20)12(19)6-10/h2-3,6-9H,4-5H2,1H3,(H,21,27)(H,22,23,24). The van der Waals surface area contributed by atoms with Crippen LogP contribution in [-0.2, 0) is 0 Å². The minimum Gasteiger partial charge on any atom is -0.494 e. The fourth-order valence-corrected chi connectivity index (χ4v) is 3.43. The Kier molecular flexibility index (Phi) is 4.67. The van der Waals surface area contributed by atoms with Crippen molar-refractivity contribution in [3.63, 3.8) is 0 Å². The molecule has 1 saturated heterocycles. The average molecular weight is 404 g/mol. The van der Waals surface area contributed by atoms with Gasteiger partial charge in [-0.1, -0.05) is 11.6 Å². The number of ether oxygens (including phenoxy) is 1. The average Bonchev–Trinajstić information content (AvgIpc) is 3.09. The molecule has 0 unspecified atom stereocenters. The van der Waals surface area contributed by atoms with E-state index in [2.05, 4.69) is 20.6 Å². The van der Waals surface area contributed by atoms with Crippen molar-refractivity contribution in [2.45, 2.75) is 0 Å². The first kappa shape index (κ1) is 17.7. The van der Waals surface area contributed by atoms with E-state index in [0.717, 1.165) is 24.2 Å². The highest BCUT2D eigenvalue weighted by atomic mass is 35.5. The summed E-state index contributed by atoms with van der Waals surface area (Å²) in [5, 5.41) is 7.77. The first-order chi connectivity index (χ1) is 13.1. The molecule has 0 amide bonds. The van der Waals surface area contributed by atoms with E-state index in [1.54, 1.807) is 13.2 Å². The third kappa shape index (κ3) is 3.33. The molecule has 0 bridgehead atoms. The Hall–Kier alpha value is -2.71. The molecule has 2 N–H and O–H groups in total. The third-order valence-electron chi connectivity index (χ3n) is 4.27. The highest BCUT2D eigenvalue weighted by molar-refractivity contribution is 7.80. The van der Waals surface area contributed by atoms with Crippen molar-refractivity contribution >= 4 is 57.0 Å². The van der Waals surface area contributed by atoms with Crippen molar-refractivity contribution in [3.8, 4) is 5.75 Å². The monoisotopic (exact) mass is 403 g/mol. The van der Waals surface area contributed by atoms with Gasteiger partial charge < -0.3 is 20.3 Å². The molecule has 1 aromatic heterocycles. The van der Waals surface area contributed by atoms with Crippen molar-refractivity contribution in [1.29, 1.82) is 0 Å². The van der Waals surface area contributed by atoms with Crippen LogP contribution in [0.25, 0.3) is 10.9 Å². The lowest BCUT2D eigenvalue weighted by Gasteiger charge is -2.21. The number of nitrogens with one attached hydrogen (secondary N) is 2. The molecule has 27 heavy (non-hydrogen) atoms. The van der Waals surface area contributed by atoms with Crippen molar-refractivity contribution in [3.05, 3.63) is 47.5 Å². The van der Waals surface area contributed by atoms with E-state index >= 15 is 0 Å². The second-order valence-electron chi connectivity index (χ2n) is 5.90. The highest BCUT2D eigenvalue weighted by Crippen LogP contribution is 2.36. The van der Waals surface area contributed by atoms with Crippen molar-refractivity contribution in [2.75, 3.05) is 30.4 Å². The summed E-state index contributed by atoms with van der Waals surface area (Å²) >= 11 is 11.3. The van der Waals surface area contributed by atoms with Crippen LogP contribution >= 0.6 is 23.8 Å². The van der Waals surface area contributed by atoms with Gasteiger partial charge in [-0.25, -0.2) is 14.4 Å². The van der Waals surface area contributed by atoms with Gasteiger partial charge in [0.2, 0.25) is 0 Å². The van der Waals surface area contributed by atoms with Crippen LogP contribution in [0.3, 0.4) is 0 Å². The first-order valence-electron chi connectivity index (χ1n) is 8.17.